The van der Waals surface area contributed by atoms with Gasteiger partial charge in [0.1, 0.15) is 11.8 Å². The van der Waals surface area contributed by atoms with Gasteiger partial charge in [0, 0.05) is 18.7 Å². The normalized spacial score (nSPS) is 12.0. The Balaban J connectivity index is 2.07. The third-order valence-corrected chi connectivity index (χ3v) is 6.34. The zero-order valence-corrected chi connectivity index (χ0v) is 18.8. The summed E-state index contributed by atoms with van der Waals surface area (Å²) in [5, 5.41) is 14.7. The molecule has 0 spiro atoms. The first-order chi connectivity index (χ1) is 13.9. The molecule has 5 nitrogen and oxygen atoms in total. The van der Waals surface area contributed by atoms with Gasteiger partial charge in [0.15, 0.2) is 0 Å². The second-order valence-corrected chi connectivity index (χ2v) is 7.82. The number of hydrogen-bond acceptors (Lipinski definition) is 3. The van der Waals surface area contributed by atoms with Gasteiger partial charge in [-0.2, -0.15) is 5.10 Å². The first kappa shape index (κ1) is 21.1. The molecular weight excluding hydrogens is 430 g/mol. The molecule has 1 amide bonds. The summed E-state index contributed by atoms with van der Waals surface area (Å²) in [6, 6.07) is 14.7. The molecule has 3 rings (SSSR count). The number of aromatic hydroxyl groups is 1. The maximum Gasteiger partial charge on any atom is 0.253 e. The number of benzene rings is 2. The molecule has 1 unspecified atom stereocenters. The van der Waals surface area contributed by atoms with Crippen LogP contribution in [0.25, 0.3) is 0 Å². The van der Waals surface area contributed by atoms with Crippen LogP contribution in [0.15, 0.2) is 53.0 Å². The molecular formula is C23H26BrN3O2. The monoisotopic (exact) mass is 455 g/mol. The predicted octanol–water partition coefficient (Wildman–Crippen LogP) is 5.09. The highest BCUT2D eigenvalue weighted by molar-refractivity contribution is 9.10. The maximum absolute atomic E-state index is 12.6. The molecule has 0 saturated carbocycles. The summed E-state index contributed by atoms with van der Waals surface area (Å²) in [6.07, 6.45) is 0. The average molecular weight is 456 g/mol. The number of phenolic OH excluding ortho intramolecular Hbond substituents is 1. The largest absolute Gasteiger partial charge is 0.508 e. The van der Waals surface area contributed by atoms with E-state index in [1.807, 2.05) is 68.8 Å². The number of carbonyl (C=O) groups is 1. The molecule has 1 atom stereocenters. The Morgan fingerprint density at radius 2 is 1.76 bits per heavy atom. The van der Waals surface area contributed by atoms with Crippen LogP contribution < -0.4 is 0 Å². The first-order valence-corrected chi connectivity index (χ1v) is 10.6. The van der Waals surface area contributed by atoms with Crippen LogP contribution in [0.1, 0.15) is 52.8 Å². The highest BCUT2D eigenvalue weighted by Gasteiger charge is 2.23. The minimum Gasteiger partial charge on any atom is -0.508 e. The van der Waals surface area contributed by atoms with Crippen molar-refractivity contribution in [1.29, 1.82) is 0 Å². The van der Waals surface area contributed by atoms with Gasteiger partial charge in [-0.3, -0.25) is 9.48 Å². The zero-order valence-electron chi connectivity index (χ0n) is 17.2. The van der Waals surface area contributed by atoms with Crippen molar-refractivity contribution >= 4 is 21.8 Å². The molecule has 3 aromatic rings. The quantitative estimate of drug-likeness (QED) is 0.562. The molecule has 1 heterocycles. The summed E-state index contributed by atoms with van der Waals surface area (Å²) in [7, 11) is 0. The molecule has 0 bridgehead atoms. The molecule has 0 saturated heterocycles. The van der Waals surface area contributed by atoms with Gasteiger partial charge in [0.05, 0.1) is 15.9 Å². The third-order valence-electron chi connectivity index (χ3n) is 5.19. The topological polar surface area (TPSA) is 58.4 Å². The molecule has 152 valence electrons. The summed E-state index contributed by atoms with van der Waals surface area (Å²) >= 11 is 3.61. The summed E-state index contributed by atoms with van der Waals surface area (Å²) < 4.78 is 2.92. The van der Waals surface area contributed by atoms with Crippen molar-refractivity contribution in [3.05, 3.63) is 81.1 Å². The van der Waals surface area contributed by atoms with Crippen molar-refractivity contribution in [3.8, 4) is 5.75 Å². The van der Waals surface area contributed by atoms with E-state index in [1.165, 1.54) is 0 Å². The van der Waals surface area contributed by atoms with E-state index in [2.05, 4.69) is 15.9 Å². The molecule has 1 N–H and O–H groups in total. The lowest BCUT2D eigenvalue weighted by atomic mass is 9.97. The van der Waals surface area contributed by atoms with E-state index in [0.717, 1.165) is 27.0 Å². The van der Waals surface area contributed by atoms with E-state index < -0.39 is 0 Å². The molecule has 0 aliphatic carbocycles. The van der Waals surface area contributed by atoms with Crippen LogP contribution in [0.5, 0.6) is 5.75 Å². The fourth-order valence-electron chi connectivity index (χ4n) is 3.57. The fourth-order valence-corrected chi connectivity index (χ4v) is 3.83. The Hall–Kier alpha value is -2.60. The Morgan fingerprint density at radius 1 is 1.10 bits per heavy atom. The number of rotatable bonds is 6. The van der Waals surface area contributed by atoms with Crippen LogP contribution in [-0.2, 0) is 0 Å². The van der Waals surface area contributed by atoms with E-state index in [-0.39, 0.29) is 17.7 Å². The minimum atomic E-state index is -0.218. The van der Waals surface area contributed by atoms with Crippen LogP contribution in [0.4, 0.5) is 0 Å². The Morgan fingerprint density at radius 3 is 2.28 bits per heavy atom. The molecule has 2 aromatic carbocycles. The summed E-state index contributed by atoms with van der Waals surface area (Å²) in [4.78, 5) is 14.4. The summed E-state index contributed by atoms with van der Waals surface area (Å²) in [6.45, 7) is 9.30. The number of phenols is 1. The fraction of sp³-hybridized carbons (Fsp3) is 0.304. The van der Waals surface area contributed by atoms with Gasteiger partial charge in [0.25, 0.3) is 5.91 Å². The highest BCUT2D eigenvalue weighted by atomic mass is 79.9. The van der Waals surface area contributed by atoms with Gasteiger partial charge in [0.2, 0.25) is 0 Å². The predicted molar refractivity (Wildman–Crippen MR) is 118 cm³/mol. The molecule has 0 fully saturated rings. The zero-order chi connectivity index (χ0) is 21.1. The Kier molecular flexibility index (Phi) is 6.42. The van der Waals surface area contributed by atoms with Crippen molar-refractivity contribution in [2.24, 2.45) is 0 Å². The standard InChI is InChI=1S/C23H26BrN3O2/c1-5-26(6-2)23(29)18-12-10-17(11-13-18)22(19-8-7-9-20(28)14-19)27-16(4)21(24)15(3)25-27/h7-14,22,28H,5-6H2,1-4H3. The minimum absolute atomic E-state index is 0.0318. The van der Waals surface area contributed by atoms with Crippen molar-refractivity contribution in [2.75, 3.05) is 13.1 Å². The molecule has 29 heavy (non-hydrogen) atoms. The number of amides is 1. The molecule has 0 aliphatic rings. The van der Waals surface area contributed by atoms with Gasteiger partial charge >= 0.3 is 0 Å². The van der Waals surface area contributed by atoms with E-state index in [0.29, 0.717) is 18.7 Å². The molecule has 0 radical (unpaired) electrons. The van der Waals surface area contributed by atoms with Crippen molar-refractivity contribution < 1.29 is 9.90 Å². The summed E-state index contributed by atoms with van der Waals surface area (Å²) in [5.74, 6) is 0.241. The second-order valence-electron chi connectivity index (χ2n) is 7.03. The van der Waals surface area contributed by atoms with E-state index in [9.17, 15) is 9.90 Å². The van der Waals surface area contributed by atoms with Crippen molar-refractivity contribution in [2.45, 2.75) is 33.7 Å². The van der Waals surface area contributed by atoms with Crippen LogP contribution in [0.3, 0.4) is 0 Å². The molecule has 1 aromatic heterocycles. The number of nitrogens with zero attached hydrogens (tertiary/aromatic N) is 3. The van der Waals surface area contributed by atoms with Crippen molar-refractivity contribution in [3.63, 3.8) is 0 Å². The van der Waals surface area contributed by atoms with Crippen LogP contribution in [0, 0.1) is 13.8 Å². The molecule has 0 aliphatic heterocycles. The average Bonchev–Trinajstić information content (AvgIpc) is 2.97. The SMILES string of the molecule is CCN(CC)C(=O)c1ccc(C(c2cccc(O)c2)n2nc(C)c(Br)c2C)cc1. The Labute approximate surface area is 180 Å². The van der Waals surface area contributed by atoms with Crippen molar-refractivity contribution in [1.82, 2.24) is 14.7 Å². The van der Waals surface area contributed by atoms with Gasteiger partial charge in [-0.25, -0.2) is 0 Å². The van der Waals surface area contributed by atoms with Gasteiger partial charge < -0.3 is 10.0 Å². The number of hydrogen-bond donors (Lipinski definition) is 1. The lowest BCUT2D eigenvalue weighted by Gasteiger charge is -2.22. The maximum atomic E-state index is 12.6. The number of carbonyl (C=O) groups excluding carboxylic acids is 1. The smallest absolute Gasteiger partial charge is 0.253 e. The second kappa shape index (κ2) is 8.82. The van der Waals surface area contributed by atoms with Gasteiger partial charge in [-0.1, -0.05) is 24.3 Å². The first-order valence-electron chi connectivity index (χ1n) is 9.76. The summed E-state index contributed by atoms with van der Waals surface area (Å²) in [5.41, 5.74) is 4.48. The van der Waals surface area contributed by atoms with Crippen LogP contribution >= 0.6 is 15.9 Å². The number of halogens is 1. The third kappa shape index (κ3) is 4.22. The Bertz CT molecular complexity index is 1010. The highest BCUT2D eigenvalue weighted by Crippen LogP contribution is 2.32. The number of aromatic nitrogens is 2. The lowest BCUT2D eigenvalue weighted by molar-refractivity contribution is 0.0773. The van der Waals surface area contributed by atoms with E-state index >= 15 is 0 Å². The van der Waals surface area contributed by atoms with Crippen LogP contribution in [-0.4, -0.2) is 38.8 Å². The van der Waals surface area contributed by atoms with Crippen LogP contribution in [0.2, 0.25) is 0 Å². The number of aryl methyl sites for hydroxylation is 1. The van der Waals surface area contributed by atoms with E-state index in [1.54, 1.807) is 17.0 Å². The van der Waals surface area contributed by atoms with Gasteiger partial charge in [-0.15, -0.1) is 0 Å². The molecule has 6 heteroatoms. The van der Waals surface area contributed by atoms with E-state index in [4.69, 9.17) is 5.10 Å². The van der Waals surface area contributed by atoms with Gasteiger partial charge in [-0.05, 0) is 79.0 Å². The lowest BCUT2D eigenvalue weighted by Crippen LogP contribution is -2.30.